The van der Waals surface area contributed by atoms with Gasteiger partial charge in [-0.05, 0) is 32.6 Å². The summed E-state index contributed by atoms with van der Waals surface area (Å²) in [7, 11) is 0. The van der Waals surface area contributed by atoms with Crippen molar-refractivity contribution in [1.82, 2.24) is 9.97 Å². The molecule has 0 aliphatic rings. The summed E-state index contributed by atoms with van der Waals surface area (Å²) < 4.78 is 0. The molecule has 0 spiro atoms. The Kier molecular flexibility index (Phi) is 4.99. The standard InChI is InChI=1S/C17H30ClN3/c1-11-12(18)19-14(16(5,6)7)20-13(11)21-17(8,9)10-15(2,3)4/h10H2,1-9H3,(H,19,20,21). The highest BCUT2D eigenvalue weighted by Crippen LogP contribution is 2.32. The highest BCUT2D eigenvalue weighted by Gasteiger charge is 2.28. The number of hydrogen-bond acceptors (Lipinski definition) is 3. The van der Waals surface area contributed by atoms with Crippen LogP contribution >= 0.6 is 11.6 Å². The quantitative estimate of drug-likeness (QED) is 0.763. The summed E-state index contributed by atoms with van der Waals surface area (Å²) in [5.74, 6) is 1.61. The minimum atomic E-state index is -0.123. The fourth-order valence-corrected chi connectivity index (χ4v) is 2.81. The molecule has 0 bridgehead atoms. The first-order chi connectivity index (χ1) is 9.21. The summed E-state index contributed by atoms with van der Waals surface area (Å²) >= 11 is 6.30. The van der Waals surface area contributed by atoms with E-state index in [9.17, 15) is 0 Å². The van der Waals surface area contributed by atoms with Crippen molar-refractivity contribution >= 4 is 17.4 Å². The van der Waals surface area contributed by atoms with E-state index < -0.39 is 0 Å². The monoisotopic (exact) mass is 311 g/mol. The lowest BCUT2D eigenvalue weighted by Crippen LogP contribution is -2.36. The second-order valence-electron chi connectivity index (χ2n) is 8.81. The lowest BCUT2D eigenvalue weighted by Gasteiger charge is -2.34. The normalized spacial score (nSPS) is 13.4. The van der Waals surface area contributed by atoms with Gasteiger partial charge in [0, 0.05) is 16.5 Å². The number of hydrogen-bond donors (Lipinski definition) is 1. The second kappa shape index (κ2) is 5.75. The highest BCUT2D eigenvalue weighted by atomic mass is 35.5. The van der Waals surface area contributed by atoms with Gasteiger partial charge in [-0.1, -0.05) is 53.1 Å². The number of halogens is 1. The van der Waals surface area contributed by atoms with Crippen LogP contribution in [0.2, 0.25) is 5.15 Å². The molecular weight excluding hydrogens is 282 g/mol. The van der Waals surface area contributed by atoms with Gasteiger partial charge in [0.15, 0.2) is 0 Å². The van der Waals surface area contributed by atoms with Crippen molar-refractivity contribution in [3.8, 4) is 0 Å². The molecule has 0 aromatic carbocycles. The molecule has 1 rings (SSSR count). The van der Waals surface area contributed by atoms with Gasteiger partial charge in [-0.25, -0.2) is 9.97 Å². The van der Waals surface area contributed by atoms with Crippen LogP contribution < -0.4 is 5.32 Å². The van der Waals surface area contributed by atoms with E-state index in [1.807, 2.05) is 6.92 Å². The van der Waals surface area contributed by atoms with Crippen LogP contribution in [0.5, 0.6) is 0 Å². The number of nitrogens with one attached hydrogen (secondary N) is 1. The van der Waals surface area contributed by atoms with Crippen molar-refractivity contribution in [2.45, 2.75) is 79.7 Å². The predicted molar refractivity (Wildman–Crippen MR) is 92.3 cm³/mol. The third kappa shape index (κ3) is 5.46. The van der Waals surface area contributed by atoms with Crippen LogP contribution in [0.25, 0.3) is 0 Å². The fraction of sp³-hybridized carbons (Fsp3) is 0.765. The molecule has 3 nitrogen and oxygen atoms in total. The largest absolute Gasteiger partial charge is 0.365 e. The Morgan fingerprint density at radius 2 is 1.48 bits per heavy atom. The molecule has 1 heterocycles. The number of rotatable bonds is 3. The molecule has 4 heteroatoms. The maximum absolute atomic E-state index is 6.30. The molecule has 0 aliphatic heterocycles. The van der Waals surface area contributed by atoms with Gasteiger partial charge in [0.1, 0.15) is 16.8 Å². The summed E-state index contributed by atoms with van der Waals surface area (Å²) in [6.45, 7) is 19.4. The molecule has 1 aromatic rings. The van der Waals surface area contributed by atoms with Crippen LogP contribution in [-0.2, 0) is 5.41 Å². The lowest BCUT2D eigenvalue weighted by atomic mass is 9.82. The van der Waals surface area contributed by atoms with Crippen LogP contribution in [0.1, 0.15) is 73.2 Å². The molecule has 1 N–H and O–H groups in total. The summed E-state index contributed by atoms with van der Waals surface area (Å²) in [4.78, 5) is 9.14. The average molecular weight is 312 g/mol. The Morgan fingerprint density at radius 1 is 0.952 bits per heavy atom. The molecular formula is C17H30ClN3. The molecule has 21 heavy (non-hydrogen) atoms. The van der Waals surface area contributed by atoms with Crippen molar-refractivity contribution in [2.75, 3.05) is 5.32 Å². The van der Waals surface area contributed by atoms with Gasteiger partial charge in [-0.2, -0.15) is 0 Å². The minimum absolute atomic E-state index is 0.0597. The first-order valence-electron chi connectivity index (χ1n) is 7.54. The minimum Gasteiger partial charge on any atom is -0.365 e. The van der Waals surface area contributed by atoms with Crippen molar-refractivity contribution in [1.29, 1.82) is 0 Å². The Labute approximate surface area is 134 Å². The van der Waals surface area contributed by atoms with Crippen LogP contribution in [-0.4, -0.2) is 15.5 Å². The molecule has 1 aromatic heterocycles. The summed E-state index contributed by atoms with van der Waals surface area (Å²) in [6, 6.07) is 0. The summed E-state index contributed by atoms with van der Waals surface area (Å²) in [5.41, 5.74) is 0.970. The molecule has 120 valence electrons. The van der Waals surface area contributed by atoms with Crippen LogP contribution in [0.15, 0.2) is 0 Å². The maximum Gasteiger partial charge on any atom is 0.137 e. The zero-order chi connectivity index (χ0) is 16.6. The smallest absolute Gasteiger partial charge is 0.137 e. The van der Waals surface area contributed by atoms with Gasteiger partial charge in [0.05, 0.1) is 0 Å². The number of nitrogens with zero attached hydrogens (tertiary/aromatic N) is 2. The van der Waals surface area contributed by atoms with Crippen molar-refractivity contribution in [3.05, 3.63) is 16.5 Å². The molecule has 0 radical (unpaired) electrons. The zero-order valence-electron chi connectivity index (χ0n) is 15.0. The van der Waals surface area contributed by atoms with Crippen LogP contribution in [0.4, 0.5) is 5.82 Å². The predicted octanol–water partition coefficient (Wildman–Crippen LogP) is 5.36. The van der Waals surface area contributed by atoms with Gasteiger partial charge in [-0.3, -0.25) is 0 Å². The lowest BCUT2D eigenvalue weighted by molar-refractivity contribution is 0.301. The van der Waals surface area contributed by atoms with E-state index in [-0.39, 0.29) is 16.4 Å². The van der Waals surface area contributed by atoms with Crippen molar-refractivity contribution < 1.29 is 0 Å². The third-order valence-electron chi connectivity index (χ3n) is 3.19. The van der Waals surface area contributed by atoms with E-state index in [0.29, 0.717) is 5.15 Å². The van der Waals surface area contributed by atoms with Gasteiger partial charge < -0.3 is 5.32 Å². The first-order valence-corrected chi connectivity index (χ1v) is 7.92. The summed E-state index contributed by atoms with van der Waals surface area (Å²) in [5, 5.41) is 4.09. The Bertz CT molecular complexity index is 508. The Morgan fingerprint density at radius 3 is 1.90 bits per heavy atom. The molecule has 0 saturated heterocycles. The molecule has 0 fully saturated rings. The van der Waals surface area contributed by atoms with E-state index in [2.05, 4.69) is 65.7 Å². The third-order valence-corrected chi connectivity index (χ3v) is 3.55. The van der Waals surface area contributed by atoms with Crippen LogP contribution in [0.3, 0.4) is 0 Å². The number of aromatic nitrogens is 2. The molecule has 0 saturated carbocycles. The van der Waals surface area contributed by atoms with Gasteiger partial charge in [0.2, 0.25) is 0 Å². The molecule has 0 amide bonds. The topological polar surface area (TPSA) is 37.8 Å². The average Bonchev–Trinajstić information content (AvgIpc) is 2.18. The number of anilines is 1. The zero-order valence-corrected chi connectivity index (χ0v) is 15.7. The molecule has 0 unspecified atom stereocenters. The van der Waals surface area contributed by atoms with E-state index in [4.69, 9.17) is 16.6 Å². The SMILES string of the molecule is Cc1c(Cl)nc(C(C)(C)C)nc1NC(C)(C)CC(C)(C)C. The maximum atomic E-state index is 6.30. The fourth-order valence-electron chi connectivity index (χ4n) is 2.64. The van der Waals surface area contributed by atoms with Gasteiger partial charge in [0.25, 0.3) is 0 Å². The van der Waals surface area contributed by atoms with Gasteiger partial charge >= 0.3 is 0 Å². The molecule has 0 atom stereocenters. The van der Waals surface area contributed by atoms with Gasteiger partial charge in [-0.15, -0.1) is 0 Å². The van der Waals surface area contributed by atoms with E-state index >= 15 is 0 Å². The van der Waals surface area contributed by atoms with Crippen molar-refractivity contribution in [2.24, 2.45) is 5.41 Å². The van der Waals surface area contributed by atoms with Crippen LogP contribution in [0, 0.1) is 12.3 Å². The summed E-state index contributed by atoms with van der Waals surface area (Å²) in [6.07, 6.45) is 1.03. The Balaban J connectivity index is 3.16. The first kappa shape index (κ1) is 18.2. The second-order valence-corrected chi connectivity index (χ2v) is 9.17. The molecule has 0 aliphatic carbocycles. The van der Waals surface area contributed by atoms with E-state index in [1.54, 1.807) is 0 Å². The van der Waals surface area contributed by atoms with Crippen molar-refractivity contribution in [3.63, 3.8) is 0 Å². The highest BCUT2D eigenvalue weighted by molar-refractivity contribution is 6.30. The Hall–Kier alpha value is -0.830. The van der Waals surface area contributed by atoms with E-state index in [1.165, 1.54) is 0 Å². The van der Waals surface area contributed by atoms with E-state index in [0.717, 1.165) is 23.6 Å².